The molecule has 0 aliphatic heterocycles. The monoisotopic (exact) mass is 498 g/mol. The van der Waals surface area contributed by atoms with Gasteiger partial charge in [0, 0.05) is 0 Å². The first-order chi connectivity index (χ1) is 14.4. The molecule has 0 N–H and O–H groups in total. The van der Waals surface area contributed by atoms with Crippen molar-refractivity contribution in [3.8, 4) is 11.9 Å². The number of hydrogen-bond acceptors (Lipinski definition) is 4. The molecule has 4 rings (SSSR count). The molecule has 0 saturated heterocycles. The van der Waals surface area contributed by atoms with Crippen molar-refractivity contribution < 1.29 is 9.47 Å². The number of nitrogens with zero attached hydrogens (tertiary/aromatic N) is 2. The van der Waals surface area contributed by atoms with Crippen molar-refractivity contribution in [2.75, 3.05) is 0 Å². The van der Waals surface area contributed by atoms with E-state index in [1.165, 1.54) is 3.61 Å². The minimum atomic E-state index is -0.657. The van der Waals surface area contributed by atoms with Gasteiger partial charge in [-0.3, -0.25) is 0 Å². The molecule has 4 nitrogen and oxygen atoms in total. The van der Waals surface area contributed by atoms with Gasteiger partial charge in [0.15, 0.2) is 0 Å². The number of rotatable bonds is 8. The van der Waals surface area contributed by atoms with Crippen molar-refractivity contribution in [3.63, 3.8) is 0 Å². The molecule has 0 saturated carbocycles. The molecule has 4 aromatic rings. The van der Waals surface area contributed by atoms with Crippen LogP contribution in [0, 0.1) is 0 Å². The van der Waals surface area contributed by atoms with E-state index >= 15 is 0 Å². The van der Waals surface area contributed by atoms with E-state index in [9.17, 15) is 0 Å². The van der Waals surface area contributed by atoms with Crippen LogP contribution in [0.2, 0.25) is 0 Å². The Morgan fingerprint density at radius 1 is 0.655 bits per heavy atom. The molecule has 5 heteroatoms. The van der Waals surface area contributed by atoms with Gasteiger partial charge in [-0.25, -0.2) is 0 Å². The third-order valence-electron chi connectivity index (χ3n) is 4.10. The van der Waals surface area contributed by atoms with Crippen molar-refractivity contribution >= 4 is 28.1 Å². The van der Waals surface area contributed by atoms with Crippen LogP contribution in [-0.4, -0.2) is 30.9 Å². The van der Waals surface area contributed by atoms with Gasteiger partial charge in [0.2, 0.25) is 0 Å². The van der Waals surface area contributed by atoms with Gasteiger partial charge in [-0.05, 0) is 0 Å². The number of ether oxygens (including phenoxy) is 2. The molecule has 1 aromatic heterocycles. The molecular weight excluding hydrogens is 476 g/mol. The van der Waals surface area contributed by atoms with Gasteiger partial charge in [-0.2, -0.15) is 0 Å². The van der Waals surface area contributed by atoms with Gasteiger partial charge in [-0.1, -0.05) is 0 Å². The molecule has 144 valence electrons. The van der Waals surface area contributed by atoms with Crippen molar-refractivity contribution in [1.29, 1.82) is 0 Å². The third kappa shape index (κ3) is 5.80. The van der Waals surface area contributed by atoms with Crippen LogP contribution in [0.15, 0.2) is 97.2 Å². The van der Waals surface area contributed by atoms with Crippen LogP contribution in [-0.2, 0) is 13.2 Å². The SMILES string of the molecule is c1ccc(COc2ncc([Te]c3ccccc3)c(OCc3ccccc3)n2)cc1. The Morgan fingerprint density at radius 3 is 1.83 bits per heavy atom. The van der Waals surface area contributed by atoms with Crippen molar-refractivity contribution in [1.82, 2.24) is 9.97 Å². The molecule has 0 atom stereocenters. The maximum absolute atomic E-state index is 6.09. The summed E-state index contributed by atoms with van der Waals surface area (Å²) in [5.74, 6) is 0.609. The van der Waals surface area contributed by atoms with Crippen LogP contribution in [0.3, 0.4) is 0 Å². The summed E-state index contributed by atoms with van der Waals surface area (Å²) in [5.41, 5.74) is 2.18. The minimum absolute atomic E-state index is 0.334. The first kappa shape index (κ1) is 19.4. The zero-order valence-corrected chi connectivity index (χ0v) is 18.1. The summed E-state index contributed by atoms with van der Waals surface area (Å²) in [6, 6.07) is 30.9. The average molecular weight is 496 g/mol. The second-order valence-electron chi connectivity index (χ2n) is 6.29. The van der Waals surface area contributed by atoms with Crippen LogP contribution in [0.1, 0.15) is 11.1 Å². The van der Waals surface area contributed by atoms with Crippen LogP contribution in [0.4, 0.5) is 0 Å². The fourth-order valence-electron chi connectivity index (χ4n) is 2.65. The predicted molar refractivity (Wildman–Crippen MR) is 115 cm³/mol. The standard InChI is InChI=1S/C24H20N2O2Te/c1-4-10-19(11-5-1)17-27-23-22(29-21-14-8-3-9-15-21)16-25-24(26-23)28-18-20-12-6-2-7-13-20/h1-16H,17-18H2. The summed E-state index contributed by atoms with van der Waals surface area (Å²) in [6.07, 6.45) is 1.85. The van der Waals surface area contributed by atoms with Gasteiger partial charge in [0.25, 0.3) is 0 Å². The van der Waals surface area contributed by atoms with Gasteiger partial charge in [0.05, 0.1) is 0 Å². The fraction of sp³-hybridized carbons (Fsp3) is 0.0833. The topological polar surface area (TPSA) is 44.2 Å². The van der Waals surface area contributed by atoms with Gasteiger partial charge < -0.3 is 0 Å². The number of hydrogen-bond donors (Lipinski definition) is 0. The van der Waals surface area contributed by atoms with E-state index in [1.807, 2.05) is 72.9 Å². The zero-order chi connectivity index (χ0) is 19.7. The predicted octanol–water partition coefficient (Wildman–Crippen LogP) is 3.29. The molecule has 0 unspecified atom stereocenters. The van der Waals surface area contributed by atoms with Gasteiger partial charge in [-0.15, -0.1) is 0 Å². The summed E-state index contributed by atoms with van der Waals surface area (Å²) >= 11 is -0.657. The Labute approximate surface area is 180 Å². The molecule has 0 aliphatic carbocycles. The van der Waals surface area contributed by atoms with Crippen LogP contribution >= 0.6 is 0 Å². The first-order valence-corrected chi connectivity index (χ1v) is 11.6. The Kier molecular flexibility index (Phi) is 6.75. The first-order valence-electron chi connectivity index (χ1n) is 9.30. The summed E-state index contributed by atoms with van der Waals surface area (Å²) in [4.78, 5) is 9.00. The second kappa shape index (κ2) is 10.1. The Morgan fingerprint density at radius 2 is 1.21 bits per heavy atom. The molecule has 0 spiro atoms. The zero-order valence-electron chi connectivity index (χ0n) is 15.8. The molecule has 0 radical (unpaired) electrons. The maximum atomic E-state index is 6.09. The normalized spacial score (nSPS) is 10.5. The summed E-state index contributed by atoms with van der Waals surface area (Å²) in [6.45, 7) is 0.887. The van der Waals surface area contributed by atoms with E-state index in [1.54, 1.807) is 0 Å². The van der Waals surface area contributed by atoms with Gasteiger partial charge >= 0.3 is 181 Å². The molecule has 3 aromatic carbocycles. The van der Waals surface area contributed by atoms with E-state index < -0.39 is 20.9 Å². The fourth-order valence-corrected chi connectivity index (χ4v) is 5.06. The molecule has 0 bridgehead atoms. The number of aromatic nitrogens is 2. The van der Waals surface area contributed by atoms with Crippen LogP contribution < -0.4 is 16.7 Å². The molecule has 0 aliphatic rings. The van der Waals surface area contributed by atoms with E-state index in [0.717, 1.165) is 14.7 Å². The molecule has 29 heavy (non-hydrogen) atoms. The van der Waals surface area contributed by atoms with Crippen LogP contribution in [0.5, 0.6) is 11.9 Å². The molecular formula is C24H20N2O2Te. The van der Waals surface area contributed by atoms with Crippen LogP contribution in [0.25, 0.3) is 0 Å². The summed E-state index contributed by atoms with van der Waals surface area (Å²) in [7, 11) is 0. The van der Waals surface area contributed by atoms with E-state index in [0.29, 0.717) is 25.1 Å². The average Bonchev–Trinajstić information content (AvgIpc) is 2.79. The molecule has 0 fully saturated rings. The summed E-state index contributed by atoms with van der Waals surface area (Å²) < 4.78 is 14.3. The van der Waals surface area contributed by atoms with Crippen molar-refractivity contribution in [2.45, 2.75) is 13.2 Å². The van der Waals surface area contributed by atoms with Crippen molar-refractivity contribution in [3.05, 3.63) is 108 Å². The van der Waals surface area contributed by atoms with E-state index in [-0.39, 0.29) is 0 Å². The molecule has 1 heterocycles. The third-order valence-corrected chi connectivity index (χ3v) is 6.98. The Bertz CT molecular complexity index is 1030. The Hall–Kier alpha value is -2.87. The van der Waals surface area contributed by atoms with E-state index in [4.69, 9.17) is 9.47 Å². The Balaban J connectivity index is 1.53. The van der Waals surface area contributed by atoms with E-state index in [2.05, 4.69) is 34.2 Å². The van der Waals surface area contributed by atoms with Gasteiger partial charge in [0.1, 0.15) is 0 Å². The second-order valence-corrected chi connectivity index (χ2v) is 9.47. The molecule has 0 amide bonds. The van der Waals surface area contributed by atoms with Crippen molar-refractivity contribution in [2.24, 2.45) is 0 Å². The summed E-state index contributed by atoms with van der Waals surface area (Å²) in [5, 5.41) is 0. The number of benzene rings is 3. The quantitative estimate of drug-likeness (QED) is 0.352.